The maximum absolute atomic E-state index is 5.65. The van der Waals surface area contributed by atoms with Gasteiger partial charge in [-0.1, -0.05) is 0 Å². The molecule has 0 aliphatic carbocycles. The summed E-state index contributed by atoms with van der Waals surface area (Å²) in [6, 6.07) is 3.98. The lowest BCUT2D eigenvalue weighted by molar-refractivity contribution is 0.266. The summed E-state index contributed by atoms with van der Waals surface area (Å²) in [6.07, 6.45) is 6.87. The van der Waals surface area contributed by atoms with Gasteiger partial charge < -0.3 is 10.1 Å². The standard InChI is InChI=1S/C14H22N2O/c1-12-4-9-16-14(11-12)17-10-2-3-13-5-7-15-8-6-13/h4,9,11,13,15H,2-3,5-8,10H2,1H3. The van der Waals surface area contributed by atoms with Crippen molar-refractivity contribution >= 4 is 0 Å². The molecule has 0 bridgehead atoms. The molecule has 0 saturated carbocycles. The molecule has 1 aromatic heterocycles. The molecule has 94 valence electrons. The number of hydrogen-bond donors (Lipinski definition) is 1. The Morgan fingerprint density at radius 3 is 3.00 bits per heavy atom. The fraction of sp³-hybridized carbons (Fsp3) is 0.643. The molecular formula is C14H22N2O. The Morgan fingerprint density at radius 2 is 2.24 bits per heavy atom. The average molecular weight is 234 g/mol. The quantitative estimate of drug-likeness (QED) is 0.795. The van der Waals surface area contributed by atoms with E-state index in [-0.39, 0.29) is 0 Å². The fourth-order valence-corrected chi connectivity index (χ4v) is 2.31. The largest absolute Gasteiger partial charge is 0.478 e. The van der Waals surface area contributed by atoms with E-state index in [2.05, 4.69) is 17.2 Å². The first-order valence-electron chi connectivity index (χ1n) is 6.61. The Hall–Kier alpha value is -1.09. The number of aromatic nitrogens is 1. The second-order valence-corrected chi connectivity index (χ2v) is 4.86. The lowest BCUT2D eigenvalue weighted by Gasteiger charge is -2.22. The van der Waals surface area contributed by atoms with Crippen LogP contribution >= 0.6 is 0 Å². The summed E-state index contributed by atoms with van der Waals surface area (Å²) in [5.74, 6) is 1.65. The summed E-state index contributed by atoms with van der Waals surface area (Å²) in [5, 5.41) is 3.40. The van der Waals surface area contributed by atoms with Crippen LogP contribution < -0.4 is 10.1 Å². The molecule has 0 unspecified atom stereocenters. The summed E-state index contributed by atoms with van der Waals surface area (Å²) in [4.78, 5) is 4.19. The molecule has 1 aromatic rings. The monoisotopic (exact) mass is 234 g/mol. The Bertz CT molecular complexity index is 335. The van der Waals surface area contributed by atoms with Crippen molar-refractivity contribution < 1.29 is 4.74 Å². The molecular weight excluding hydrogens is 212 g/mol. The molecule has 0 aromatic carbocycles. The molecule has 3 nitrogen and oxygen atoms in total. The Morgan fingerprint density at radius 1 is 1.41 bits per heavy atom. The molecule has 2 rings (SSSR count). The summed E-state index contributed by atoms with van der Waals surface area (Å²) in [7, 11) is 0. The first-order valence-corrected chi connectivity index (χ1v) is 6.61. The van der Waals surface area contributed by atoms with Gasteiger partial charge in [-0.05, 0) is 63.2 Å². The summed E-state index contributed by atoms with van der Waals surface area (Å²) >= 11 is 0. The van der Waals surface area contributed by atoms with E-state index in [9.17, 15) is 0 Å². The Kier molecular flexibility index (Phi) is 4.80. The smallest absolute Gasteiger partial charge is 0.213 e. The molecule has 1 fully saturated rings. The zero-order valence-electron chi connectivity index (χ0n) is 10.6. The average Bonchev–Trinajstić information content (AvgIpc) is 2.36. The van der Waals surface area contributed by atoms with Crippen molar-refractivity contribution in [1.82, 2.24) is 10.3 Å². The number of rotatable bonds is 5. The second-order valence-electron chi connectivity index (χ2n) is 4.86. The number of nitrogens with one attached hydrogen (secondary N) is 1. The highest BCUT2D eigenvalue weighted by atomic mass is 16.5. The molecule has 1 N–H and O–H groups in total. The van der Waals surface area contributed by atoms with E-state index in [1.165, 1.54) is 37.9 Å². The summed E-state index contributed by atoms with van der Waals surface area (Å²) in [6.45, 7) is 5.22. The summed E-state index contributed by atoms with van der Waals surface area (Å²) in [5.41, 5.74) is 1.20. The zero-order chi connectivity index (χ0) is 11.9. The highest BCUT2D eigenvalue weighted by Gasteiger charge is 2.12. The second kappa shape index (κ2) is 6.60. The van der Waals surface area contributed by atoms with Gasteiger partial charge in [0.05, 0.1) is 6.61 Å². The zero-order valence-corrected chi connectivity index (χ0v) is 10.6. The van der Waals surface area contributed by atoms with Gasteiger partial charge in [-0.15, -0.1) is 0 Å². The van der Waals surface area contributed by atoms with Crippen LogP contribution in [0, 0.1) is 12.8 Å². The predicted molar refractivity (Wildman–Crippen MR) is 69.3 cm³/mol. The molecule has 17 heavy (non-hydrogen) atoms. The first kappa shape index (κ1) is 12.4. The van der Waals surface area contributed by atoms with Crippen LogP contribution in [0.25, 0.3) is 0 Å². The minimum atomic E-state index is 0.760. The van der Waals surface area contributed by atoms with Crippen LogP contribution in [-0.2, 0) is 0 Å². The molecule has 1 aliphatic heterocycles. The number of pyridine rings is 1. The Balaban J connectivity index is 1.62. The van der Waals surface area contributed by atoms with E-state index < -0.39 is 0 Å². The third-order valence-electron chi connectivity index (χ3n) is 3.36. The van der Waals surface area contributed by atoms with Crippen molar-refractivity contribution in [2.24, 2.45) is 5.92 Å². The van der Waals surface area contributed by atoms with Crippen LogP contribution in [0.2, 0.25) is 0 Å². The van der Waals surface area contributed by atoms with Crippen molar-refractivity contribution in [3.05, 3.63) is 23.9 Å². The van der Waals surface area contributed by atoms with E-state index in [1.807, 2.05) is 12.1 Å². The van der Waals surface area contributed by atoms with Gasteiger partial charge in [0.25, 0.3) is 0 Å². The third-order valence-corrected chi connectivity index (χ3v) is 3.36. The number of piperidine rings is 1. The van der Waals surface area contributed by atoms with Gasteiger partial charge in [-0.2, -0.15) is 0 Å². The van der Waals surface area contributed by atoms with Crippen LogP contribution in [0.5, 0.6) is 5.88 Å². The molecule has 0 amide bonds. The SMILES string of the molecule is Cc1ccnc(OCCCC2CCNCC2)c1. The van der Waals surface area contributed by atoms with Crippen molar-refractivity contribution in [2.75, 3.05) is 19.7 Å². The van der Waals surface area contributed by atoms with Crippen LogP contribution in [0.15, 0.2) is 18.3 Å². The van der Waals surface area contributed by atoms with Crippen molar-refractivity contribution in [1.29, 1.82) is 0 Å². The van der Waals surface area contributed by atoms with Gasteiger partial charge in [0.2, 0.25) is 5.88 Å². The normalized spacial score (nSPS) is 17.0. The minimum absolute atomic E-state index is 0.760. The van der Waals surface area contributed by atoms with Crippen LogP contribution in [0.4, 0.5) is 0 Å². The molecule has 3 heteroatoms. The first-order chi connectivity index (χ1) is 8.34. The highest BCUT2D eigenvalue weighted by molar-refractivity contribution is 5.18. The van der Waals surface area contributed by atoms with E-state index >= 15 is 0 Å². The topological polar surface area (TPSA) is 34.1 Å². The van der Waals surface area contributed by atoms with E-state index in [0.717, 1.165) is 24.8 Å². The van der Waals surface area contributed by atoms with Crippen molar-refractivity contribution in [2.45, 2.75) is 32.6 Å². The van der Waals surface area contributed by atoms with Gasteiger partial charge in [0, 0.05) is 12.3 Å². The lowest BCUT2D eigenvalue weighted by Crippen LogP contribution is -2.27. The van der Waals surface area contributed by atoms with E-state index in [4.69, 9.17) is 4.74 Å². The third kappa shape index (κ3) is 4.35. The van der Waals surface area contributed by atoms with Gasteiger partial charge in [0.15, 0.2) is 0 Å². The minimum Gasteiger partial charge on any atom is -0.478 e. The summed E-state index contributed by atoms with van der Waals surface area (Å²) < 4.78 is 5.65. The maximum Gasteiger partial charge on any atom is 0.213 e. The molecule has 0 radical (unpaired) electrons. The van der Waals surface area contributed by atoms with E-state index in [1.54, 1.807) is 6.20 Å². The van der Waals surface area contributed by atoms with Gasteiger partial charge in [-0.3, -0.25) is 0 Å². The molecule has 2 heterocycles. The lowest BCUT2D eigenvalue weighted by atomic mass is 9.93. The molecule has 1 saturated heterocycles. The molecule has 1 aliphatic rings. The van der Waals surface area contributed by atoms with Crippen LogP contribution in [0.3, 0.4) is 0 Å². The number of nitrogens with zero attached hydrogens (tertiary/aromatic N) is 1. The fourth-order valence-electron chi connectivity index (χ4n) is 2.31. The molecule has 0 spiro atoms. The van der Waals surface area contributed by atoms with Crippen LogP contribution in [0.1, 0.15) is 31.2 Å². The highest BCUT2D eigenvalue weighted by Crippen LogP contribution is 2.18. The van der Waals surface area contributed by atoms with Gasteiger partial charge in [-0.25, -0.2) is 4.98 Å². The Labute approximate surface area is 104 Å². The van der Waals surface area contributed by atoms with Crippen molar-refractivity contribution in [3.8, 4) is 5.88 Å². The van der Waals surface area contributed by atoms with Gasteiger partial charge in [0.1, 0.15) is 0 Å². The number of aryl methyl sites for hydroxylation is 1. The van der Waals surface area contributed by atoms with Crippen LogP contribution in [-0.4, -0.2) is 24.7 Å². The van der Waals surface area contributed by atoms with Crippen molar-refractivity contribution in [3.63, 3.8) is 0 Å². The number of ether oxygens (including phenoxy) is 1. The molecule has 0 atom stereocenters. The maximum atomic E-state index is 5.65. The van der Waals surface area contributed by atoms with E-state index in [0.29, 0.717) is 0 Å². The van der Waals surface area contributed by atoms with Gasteiger partial charge >= 0.3 is 0 Å². The predicted octanol–water partition coefficient (Wildman–Crippen LogP) is 2.55. The number of hydrogen-bond acceptors (Lipinski definition) is 3.